The van der Waals surface area contributed by atoms with Gasteiger partial charge in [0.2, 0.25) is 0 Å². The van der Waals surface area contributed by atoms with E-state index >= 15 is 0 Å². The van der Waals surface area contributed by atoms with Gasteiger partial charge in [0.15, 0.2) is 0 Å². The van der Waals surface area contributed by atoms with Gasteiger partial charge >= 0.3 is 0 Å². The van der Waals surface area contributed by atoms with Gasteiger partial charge in [-0.25, -0.2) is 4.98 Å². The second-order valence-electron chi connectivity index (χ2n) is 4.73. The van der Waals surface area contributed by atoms with Gasteiger partial charge in [-0.2, -0.15) is 0 Å². The van der Waals surface area contributed by atoms with E-state index in [0.29, 0.717) is 6.61 Å². The lowest BCUT2D eigenvalue weighted by Gasteiger charge is -2.33. The molecule has 1 aliphatic heterocycles. The second-order valence-corrected chi connectivity index (χ2v) is 5.93. The zero-order chi connectivity index (χ0) is 12.8. The van der Waals surface area contributed by atoms with Gasteiger partial charge in [-0.3, -0.25) is 0 Å². The number of rotatable bonds is 1. The SMILES string of the molecule is Cc1nc(C2(N)CCOc3ccccc32)sc1C. The quantitative estimate of drug-likeness (QED) is 0.857. The van der Waals surface area contributed by atoms with Crippen LogP contribution in [0.2, 0.25) is 0 Å². The molecule has 0 fully saturated rings. The van der Waals surface area contributed by atoms with Crippen LogP contribution in [0.1, 0.15) is 27.6 Å². The molecule has 2 heterocycles. The Balaban J connectivity index is 2.16. The van der Waals surface area contributed by atoms with E-state index in [1.165, 1.54) is 4.88 Å². The molecule has 1 atom stereocenters. The Morgan fingerprint density at radius 2 is 2.11 bits per heavy atom. The summed E-state index contributed by atoms with van der Waals surface area (Å²) in [5.41, 5.74) is 8.26. The molecule has 18 heavy (non-hydrogen) atoms. The van der Waals surface area contributed by atoms with E-state index < -0.39 is 5.54 Å². The summed E-state index contributed by atoms with van der Waals surface area (Å²) < 4.78 is 5.67. The highest BCUT2D eigenvalue weighted by atomic mass is 32.1. The van der Waals surface area contributed by atoms with Crippen molar-refractivity contribution in [3.8, 4) is 5.75 Å². The molecule has 94 valence electrons. The monoisotopic (exact) mass is 260 g/mol. The van der Waals surface area contributed by atoms with Crippen molar-refractivity contribution in [3.63, 3.8) is 0 Å². The van der Waals surface area contributed by atoms with Crippen LogP contribution < -0.4 is 10.5 Å². The van der Waals surface area contributed by atoms with Crippen molar-refractivity contribution < 1.29 is 4.74 Å². The van der Waals surface area contributed by atoms with Crippen LogP contribution >= 0.6 is 11.3 Å². The first-order chi connectivity index (χ1) is 8.61. The molecule has 1 aromatic heterocycles. The molecule has 2 aromatic rings. The topological polar surface area (TPSA) is 48.1 Å². The fraction of sp³-hybridized carbons (Fsp3) is 0.357. The fourth-order valence-electron chi connectivity index (χ4n) is 2.30. The van der Waals surface area contributed by atoms with Crippen LogP contribution in [0.15, 0.2) is 24.3 Å². The normalized spacial score (nSPS) is 22.4. The van der Waals surface area contributed by atoms with Crippen molar-refractivity contribution in [1.82, 2.24) is 4.98 Å². The maximum Gasteiger partial charge on any atom is 0.124 e. The average molecular weight is 260 g/mol. The minimum absolute atomic E-state index is 0.501. The number of aryl methyl sites for hydroxylation is 2. The number of aromatic nitrogens is 1. The molecule has 1 aromatic carbocycles. The van der Waals surface area contributed by atoms with Crippen LogP contribution in [0.25, 0.3) is 0 Å². The molecule has 0 bridgehead atoms. The molecular formula is C14H16N2OS. The third kappa shape index (κ3) is 1.64. The Hall–Kier alpha value is -1.39. The maximum atomic E-state index is 6.64. The molecular weight excluding hydrogens is 244 g/mol. The van der Waals surface area contributed by atoms with Gasteiger partial charge in [-0.1, -0.05) is 18.2 Å². The predicted octanol–water partition coefficient (Wildman–Crippen LogP) is 2.74. The predicted molar refractivity (Wildman–Crippen MR) is 73.1 cm³/mol. The highest BCUT2D eigenvalue weighted by molar-refractivity contribution is 7.11. The molecule has 0 aliphatic carbocycles. The van der Waals surface area contributed by atoms with Crippen LogP contribution in [-0.2, 0) is 5.54 Å². The number of fused-ring (bicyclic) bond motifs is 1. The Labute approximate surface area is 111 Å². The summed E-state index contributed by atoms with van der Waals surface area (Å²) in [6.45, 7) is 4.76. The highest BCUT2D eigenvalue weighted by Crippen LogP contribution is 2.41. The third-order valence-electron chi connectivity index (χ3n) is 3.53. The van der Waals surface area contributed by atoms with E-state index in [4.69, 9.17) is 10.5 Å². The molecule has 0 amide bonds. The molecule has 4 heteroatoms. The summed E-state index contributed by atoms with van der Waals surface area (Å²) in [7, 11) is 0. The fourth-order valence-corrected chi connectivity index (χ4v) is 3.36. The Bertz CT molecular complexity index is 574. The van der Waals surface area contributed by atoms with Crippen molar-refractivity contribution in [2.45, 2.75) is 25.8 Å². The Kier molecular flexibility index (Phi) is 2.64. The minimum Gasteiger partial charge on any atom is -0.493 e. The summed E-state index contributed by atoms with van der Waals surface area (Å²) in [5, 5.41) is 0.994. The van der Waals surface area contributed by atoms with Crippen LogP contribution in [0.3, 0.4) is 0 Å². The molecule has 0 saturated carbocycles. The van der Waals surface area contributed by atoms with E-state index in [1.54, 1.807) is 11.3 Å². The number of hydrogen-bond donors (Lipinski definition) is 1. The first kappa shape index (κ1) is 11.7. The first-order valence-electron chi connectivity index (χ1n) is 6.07. The van der Waals surface area contributed by atoms with E-state index in [2.05, 4.69) is 11.9 Å². The van der Waals surface area contributed by atoms with Crippen LogP contribution in [0.4, 0.5) is 0 Å². The van der Waals surface area contributed by atoms with Crippen molar-refractivity contribution in [2.24, 2.45) is 5.73 Å². The van der Waals surface area contributed by atoms with Crippen molar-refractivity contribution in [3.05, 3.63) is 45.4 Å². The summed E-state index contributed by atoms with van der Waals surface area (Å²) in [6, 6.07) is 8.00. The van der Waals surface area contributed by atoms with E-state index in [1.807, 2.05) is 31.2 Å². The summed E-state index contributed by atoms with van der Waals surface area (Å²) in [4.78, 5) is 5.88. The average Bonchev–Trinajstić information content (AvgIpc) is 2.71. The number of nitrogens with two attached hydrogens (primary N) is 1. The molecule has 2 N–H and O–H groups in total. The molecule has 1 unspecified atom stereocenters. The van der Waals surface area contributed by atoms with E-state index in [-0.39, 0.29) is 0 Å². The van der Waals surface area contributed by atoms with Crippen molar-refractivity contribution in [1.29, 1.82) is 0 Å². The van der Waals surface area contributed by atoms with Crippen LogP contribution in [-0.4, -0.2) is 11.6 Å². The summed E-state index contributed by atoms with van der Waals surface area (Å²) >= 11 is 1.69. The molecule has 0 saturated heterocycles. The maximum absolute atomic E-state index is 6.64. The van der Waals surface area contributed by atoms with Gasteiger partial charge in [0, 0.05) is 16.9 Å². The largest absolute Gasteiger partial charge is 0.493 e. The first-order valence-corrected chi connectivity index (χ1v) is 6.88. The minimum atomic E-state index is -0.501. The second kappa shape index (κ2) is 4.07. The van der Waals surface area contributed by atoms with E-state index in [0.717, 1.165) is 28.4 Å². The van der Waals surface area contributed by atoms with Gasteiger partial charge in [0.1, 0.15) is 16.3 Å². The van der Waals surface area contributed by atoms with Crippen LogP contribution in [0.5, 0.6) is 5.75 Å². The number of hydrogen-bond acceptors (Lipinski definition) is 4. The Morgan fingerprint density at radius 3 is 2.83 bits per heavy atom. The van der Waals surface area contributed by atoms with Gasteiger partial charge in [-0.15, -0.1) is 11.3 Å². The molecule has 3 rings (SSSR count). The summed E-state index contributed by atoms with van der Waals surface area (Å²) in [6.07, 6.45) is 0.774. The van der Waals surface area contributed by atoms with Gasteiger partial charge in [0.05, 0.1) is 12.3 Å². The number of nitrogens with zero attached hydrogens (tertiary/aromatic N) is 1. The molecule has 1 aliphatic rings. The van der Waals surface area contributed by atoms with Gasteiger partial charge < -0.3 is 10.5 Å². The molecule has 0 radical (unpaired) electrons. The van der Waals surface area contributed by atoms with Crippen molar-refractivity contribution >= 4 is 11.3 Å². The zero-order valence-electron chi connectivity index (χ0n) is 10.6. The third-order valence-corrected chi connectivity index (χ3v) is 4.78. The molecule has 0 spiro atoms. The highest BCUT2D eigenvalue weighted by Gasteiger charge is 2.38. The van der Waals surface area contributed by atoms with E-state index in [9.17, 15) is 0 Å². The summed E-state index contributed by atoms with van der Waals surface area (Å²) in [5.74, 6) is 0.886. The van der Waals surface area contributed by atoms with Gasteiger partial charge in [-0.05, 0) is 19.9 Å². The number of ether oxygens (including phenoxy) is 1. The lowest BCUT2D eigenvalue weighted by atomic mass is 9.86. The lowest BCUT2D eigenvalue weighted by Crippen LogP contribution is -2.42. The standard InChI is InChI=1S/C14H16N2OS/c1-9-10(2)18-13(16-9)14(15)7-8-17-12-6-4-3-5-11(12)14/h3-6H,7-8,15H2,1-2H3. The number of benzene rings is 1. The smallest absolute Gasteiger partial charge is 0.124 e. The number of thiazole rings is 1. The van der Waals surface area contributed by atoms with Crippen molar-refractivity contribution in [2.75, 3.05) is 6.61 Å². The Morgan fingerprint density at radius 1 is 1.33 bits per heavy atom. The van der Waals surface area contributed by atoms with Crippen LogP contribution in [0, 0.1) is 13.8 Å². The zero-order valence-corrected chi connectivity index (χ0v) is 11.4. The molecule has 3 nitrogen and oxygen atoms in total. The number of para-hydroxylation sites is 1. The lowest BCUT2D eigenvalue weighted by molar-refractivity contribution is 0.237. The van der Waals surface area contributed by atoms with Gasteiger partial charge in [0.25, 0.3) is 0 Å².